The van der Waals surface area contributed by atoms with Gasteiger partial charge in [-0.15, -0.1) is 0 Å². The number of likely N-dealkylation sites (tertiary alicyclic amines) is 1. The maximum Gasteiger partial charge on any atom is 0.276 e. The molecule has 28 heavy (non-hydrogen) atoms. The van der Waals surface area contributed by atoms with Crippen molar-refractivity contribution in [2.45, 2.75) is 25.2 Å². The maximum absolute atomic E-state index is 14.0. The fourth-order valence-corrected chi connectivity index (χ4v) is 3.60. The van der Waals surface area contributed by atoms with Crippen LogP contribution in [0.4, 0.5) is 4.39 Å². The monoisotopic (exact) mass is 400 g/mol. The van der Waals surface area contributed by atoms with E-state index in [4.69, 9.17) is 16.1 Å². The van der Waals surface area contributed by atoms with Gasteiger partial charge in [-0.1, -0.05) is 28.9 Å². The molecule has 0 saturated carbocycles. The van der Waals surface area contributed by atoms with Crippen LogP contribution in [0.5, 0.6) is 0 Å². The van der Waals surface area contributed by atoms with Gasteiger partial charge in [0.05, 0.1) is 6.42 Å². The van der Waals surface area contributed by atoms with Crippen LogP contribution in [0.3, 0.4) is 0 Å². The highest BCUT2D eigenvalue weighted by atomic mass is 35.5. The number of carbonyl (C=O) groups excluding carboxylic acids is 1. The van der Waals surface area contributed by atoms with Crippen molar-refractivity contribution >= 4 is 17.5 Å². The zero-order valence-electron chi connectivity index (χ0n) is 15.0. The summed E-state index contributed by atoms with van der Waals surface area (Å²) in [5.41, 5.74) is 0.840. The smallest absolute Gasteiger partial charge is 0.276 e. The Morgan fingerprint density at radius 2 is 2.18 bits per heavy atom. The van der Waals surface area contributed by atoms with Crippen molar-refractivity contribution in [2.75, 3.05) is 13.1 Å². The number of pyridine rings is 1. The SMILES string of the molecule is O=C(Cc1c(F)cccc1Cl)N1CCC[C@@H](c2noc(-c3ccccn3)n2)C1. The molecule has 1 atom stereocenters. The van der Waals surface area contributed by atoms with Gasteiger partial charge < -0.3 is 9.42 Å². The summed E-state index contributed by atoms with van der Waals surface area (Å²) in [6, 6.07) is 9.88. The third-order valence-corrected chi connectivity index (χ3v) is 5.21. The average molecular weight is 401 g/mol. The molecular weight excluding hydrogens is 383 g/mol. The van der Waals surface area contributed by atoms with Crippen molar-refractivity contribution < 1.29 is 13.7 Å². The summed E-state index contributed by atoms with van der Waals surface area (Å²) < 4.78 is 19.3. The molecule has 1 aromatic carbocycles. The Morgan fingerprint density at radius 3 is 2.96 bits per heavy atom. The average Bonchev–Trinajstić information content (AvgIpc) is 3.22. The second-order valence-corrected chi connectivity index (χ2v) is 7.14. The first kappa shape index (κ1) is 18.6. The van der Waals surface area contributed by atoms with E-state index >= 15 is 0 Å². The number of benzene rings is 1. The van der Waals surface area contributed by atoms with E-state index in [0.29, 0.717) is 30.5 Å². The van der Waals surface area contributed by atoms with Gasteiger partial charge in [-0.05, 0) is 37.1 Å². The third kappa shape index (κ3) is 3.89. The molecular formula is C20H18ClFN4O2. The van der Waals surface area contributed by atoms with Crippen molar-refractivity contribution in [1.82, 2.24) is 20.0 Å². The lowest BCUT2D eigenvalue weighted by molar-refractivity contribution is -0.131. The topological polar surface area (TPSA) is 72.1 Å². The lowest BCUT2D eigenvalue weighted by atomic mass is 9.96. The van der Waals surface area contributed by atoms with Crippen LogP contribution in [0.25, 0.3) is 11.6 Å². The molecule has 144 valence electrons. The summed E-state index contributed by atoms with van der Waals surface area (Å²) >= 11 is 6.05. The van der Waals surface area contributed by atoms with E-state index in [1.807, 2.05) is 12.1 Å². The molecule has 0 aliphatic carbocycles. The molecule has 0 spiro atoms. The summed E-state index contributed by atoms with van der Waals surface area (Å²) in [6.45, 7) is 1.08. The minimum Gasteiger partial charge on any atom is -0.342 e. The molecule has 3 aromatic rings. The van der Waals surface area contributed by atoms with Crippen molar-refractivity contribution in [3.63, 3.8) is 0 Å². The van der Waals surface area contributed by atoms with Gasteiger partial charge in [0.1, 0.15) is 11.5 Å². The summed E-state index contributed by atoms with van der Waals surface area (Å²) in [6.07, 6.45) is 3.26. The van der Waals surface area contributed by atoms with Crippen LogP contribution in [0.15, 0.2) is 47.1 Å². The highest BCUT2D eigenvalue weighted by molar-refractivity contribution is 6.31. The Labute approximate surface area is 166 Å². The molecule has 8 heteroatoms. The van der Waals surface area contributed by atoms with E-state index in [9.17, 15) is 9.18 Å². The van der Waals surface area contributed by atoms with Crippen LogP contribution in [-0.4, -0.2) is 39.0 Å². The van der Waals surface area contributed by atoms with Crippen molar-refractivity contribution in [3.05, 3.63) is 64.8 Å². The molecule has 1 aliphatic heterocycles. The minimum atomic E-state index is -0.465. The van der Waals surface area contributed by atoms with Crippen molar-refractivity contribution in [3.8, 4) is 11.6 Å². The number of rotatable bonds is 4. The third-order valence-electron chi connectivity index (χ3n) is 4.85. The molecule has 0 N–H and O–H groups in total. The summed E-state index contributed by atoms with van der Waals surface area (Å²) in [7, 11) is 0. The van der Waals surface area contributed by atoms with Gasteiger partial charge in [-0.2, -0.15) is 4.98 Å². The Bertz CT molecular complexity index is 959. The van der Waals surface area contributed by atoms with E-state index in [1.165, 1.54) is 12.1 Å². The highest BCUT2D eigenvalue weighted by Gasteiger charge is 2.29. The van der Waals surface area contributed by atoms with Crippen molar-refractivity contribution in [2.24, 2.45) is 0 Å². The first-order valence-electron chi connectivity index (χ1n) is 9.07. The van der Waals surface area contributed by atoms with E-state index in [2.05, 4.69) is 15.1 Å². The first-order valence-corrected chi connectivity index (χ1v) is 9.45. The molecule has 1 aliphatic rings. The van der Waals surface area contributed by atoms with Gasteiger partial charge in [0.2, 0.25) is 5.91 Å². The van der Waals surface area contributed by atoms with Gasteiger partial charge >= 0.3 is 0 Å². The molecule has 4 rings (SSSR count). The second kappa shape index (κ2) is 8.06. The molecule has 3 heterocycles. The van der Waals surface area contributed by atoms with Crippen LogP contribution < -0.4 is 0 Å². The number of aromatic nitrogens is 3. The molecule has 0 bridgehead atoms. The van der Waals surface area contributed by atoms with E-state index in [1.54, 1.807) is 23.2 Å². The summed E-state index contributed by atoms with van der Waals surface area (Å²) in [5.74, 6) is 0.256. The van der Waals surface area contributed by atoms with Crippen LogP contribution in [0.2, 0.25) is 5.02 Å². The number of piperidine rings is 1. The number of halogens is 2. The highest BCUT2D eigenvalue weighted by Crippen LogP contribution is 2.28. The van der Waals surface area contributed by atoms with Gasteiger partial charge in [-0.3, -0.25) is 9.78 Å². The normalized spacial score (nSPS) is 16.9. The van der Waals surface area contributed by atoms with E-state index < -0.39 is 5.82 Å². The molecule has 0 radical (unpaired) electrons. The largest absolute Gasteiger partial charge is 0.342 e. The van der Waals surface area contributed by atoms with E-state index in [0.717, 1.165) is 12.8 Å². The van der Waals surface area contributed by atoms with Gasteiger partial charge in [0.25, 0.3) is 5.89 Å². The molecule has 6 nitrogen and oxygen atoms in total. The van der Waals surface area contributed by atoms with Gasteiger partial charge in [0.15, 0.2) is 5.82 Å². The summed E-state index contributed by atoms with van der Waals surface area (Å²) in [5, 5.41) is 4.34. The predicted molar refractivity (Wildman–Crippen MR) is 101 cm³/mol. The Balaban J connectivity index is 1.46. The zero-order valence-corrected chi connectivity index (χ0v) is 15.8. The predicted octanol–water partition coefficient (Wildman–Crippen LogP) is 3.87. The standard InChI is InChI=1S/C20H18ClFN4O2/c21-15-6-3-7-16(22)14(15)11-18(27)26-10-4-5-13(12-26)19-24-20(28-25-19)17-8-1-2-9-23-17/h1-3,6-9,13H,4-5,10-12H2/t13-/m1/s1. The maximum atomic E-state index is 14.0. The fraction of sp³-hybridized carbons (Fsp3) is 0.300. The molecule has 1 saturated heterocycles. The number of carbonyl (C=O) groups is 1. The molecule has 1 fully saturated rings. The van der Waals surface area contributed by atoms with Crippen LogP contribution >= 0.6 is 11.6 Å². The van der Waals surface area contributed by atoms with E-state index in [-0.39, 0.29) is 28.8 Å². The Kier molecular flexibility index (Phi) is 5.34. The number of hydrogen-bond acceptors (Lipinski definition) is 5. The molecule has 0 unspecified atom stereocenters. The summed E-state index contributed by atoms with van der Waals surface area (Å²) in [4.78, 5) is 23.1. The van der Waals surface area contributed by atoms with Crippen LogP contribution in [0.1, 0.15) is 30.1 Å². The quantitative estimate of drug-likeness (QED) is 0.664. The van der Waals surface area contributed by atoms with Gasteiger partial charge in [-0.25, -0.2) is 4.39 Å². The molecule has 1 amide bonds. The first-order chi connectivity index (χ1) is 13.6. The zero-order chi connectivity index (χ0) is 19.5. The molecule has 2 aromatic heterocycles. The van der Waals surface area contributed by atoms with Gasteiger partial charge in [0, 0.05) is 35.8 Å². The fourth-order valence-electron chi connectivity index (χ4n) is 3.37. The Morgan fingerprint density at radius 1 is 1.29 bits per heavy atom. The minimum absolute atomic E-state index is 0.0324. The van der Waals surface area contributed by atoms with Crippen LogP contribution in [-0.2, 0) is 11.2 Å². The van der Waals surface area contributed by atoms with Crippen molar-refractivity contribution in [1.29, 1.82) is 0 Å². The Hall–Kier alpha value is -2.80. The lowest BCUT2D eigenvalue weighted by Crippen LogP contribution is -2.40. The number of nitrogens with zero attached hydrogens (tertiary/aromatic N) is 4. The van der Waals surface area contributed by atoms with Crippen LogP contribution in [0, 0.1) is 5.82 Å². The number of amides is 1. The lowest BCUT2D eigenvalue weighted by Gasteiger charge is -2.31. The number of hydrogen-bond donors (Lipinski definition) is 0. The second-order valence-electron chi connectivity index (χ2n) is 6.73.